The van der Waals surface area contributed by atoms with Crippen LogP contribution in [-0.2, 0) is 0 Å². The number of nitrogens with zero attached hydrogens (tertiary/aromatic N) is 1. The molecule has 0 saturated carbocycles. The standard InChI is InChI=1S/C15H13BrN2S/c1-9-7-13(19-15(9)16)14(17)12-4-2-3-10-8-18-6-5-11(10)12/h2-8,14H,17H2,1H3. The molecule has 2 nitrogen and oxygen atoms in total. The highest BCUT2D eigenvalue weighted by Crippen LogP contribution is 2.35. The maximum absolute atomic E-state index is 6.43. The molecule has 0 aliphatic carbocycles. The van der Waals surface area contributed by atoms with Gasteiger partial charge in [-0.15, -0.1) is 11.3 Å². The number of nitrogens with two attached hydrogens (primary N) is 1. The van der Waals surface area contributed by atoms with Gasteiger partial charge in [-0.1, -0.05) is 18.2 Å². The zero-order valence-corrected chi connectivity index (χ0v) is 12.8. The molecule has 0 fully saturated rings. The molecule has 0 radical (unpaired) electrons. The van der Waals surface area contributed by atoms with Crippen molar-refractivity contribution in [3.8, 4) is 0 Å². The molecule has 96 valence electrons. The smallest absolute Gasteiger partial charge is 0.0731 e. The highest BCUT2D eigenvalue weighted by Gasteiger charge is 2.15. The summed E-state index contributed by atoms with van der Waals surface area (Å²) in [6.45, 7) is 2.09. The molecule has 2 N–H and O–H groups in total. The van der Waals surface area contributed by atoms with Crippen LogP contribution in [0.25, 0.3) is 10.8 Å². The fourth-order valence-corrected chi connectivity index (χ4v) is 3.80. The highest BCUT2D eigenvalue weighted by molar-refractivity contribution is 9.11. The van der Waals surface area contributed by atoms with E-state index in [0.717, 1.165) is 14.7 Å². The first-order valence-electron chi connectivity index (χ1n) is 6.01. The topological polar surface area (TPSA) is 38.9 Å². The minimum Gasteiger partial charge on any atom is -0.320 e. The molecular formula is C15H13BrN2S. The molecule has 1 unspecified atom stereocenters. The molecule has 0 amide bonds. The summed E-state index contributed by atoms with van der Waals surface area (Å²) >= 11 is 5.26. The van der Waals surface area contributed by atoms with Crippen LogP contribution in [0.1, 0.15) is 22.0 Å². The van der Waals surface area contributed by atoms with Gasteiger partial charge in [0, 0.05) is 22.7 Å². The predicted octanol–water partition coefficient (Wildman–Crippen LogP) is 4.42. The summed E-state index contributed by atoms with van der Waals surface area (Å²) in [5, 5.41) is 2.30. The molecule has 19 heavy (non-hydrogen) atoms. The Kier molecular flexibility index (Phi) is 3.39. The van der Waals surface area contributed by atoms with Gasteiger partial charge in [0.1, 0.15) is 0 Å². The SMILES string of the molecule is Cc1cc(C(N)c2cccc3cnccc23)sc1Br. The lowest BCUT2D eigenvalue weighted by Crippen LogP contribution is -2.10. The van der Waals surface area contributed by atoms with Crippen LogP contribution in [0.5, 0.6) is 0 Å². The maximum atomic E-state index is 6.43. The van der Waals surface area contributed by atoms with E-state index in [4.69, 9.17) is 5.73 Å². The monoisotopic (exact) mass is 332 g/mol. The van der Waals surface area contributed by atoms with Crippen LogP contribution in [0.4, 0.5) is 0 Å². The van der Waals surface area contributed by atoms with Gasteiger partial charge in [-0.05, 0) is 51.5 Å². The molecule has 3 rings (SSSR count). The fraction of sp³-hybridized carbons (Fsp3) is 0.133. The fourth-order valence-electron chi connectivity index (χ4n) is 2.21. The number of aromatic nitrogens is 1. The number of aryl methyl sites for hydroxylation is 1. The first kappa shape index (κ1) is 12.8. The summed E-state index contributed by atoms with van der Waals surface area (Å²) in [4.78, 5) is 5.33. The van der Waals surface area contributed by atoms with E-state index in [1.54, 1.807) is 11.3 Å². The normalized spacial score (nSPS) is 12.8. The third-order valence-electron chi connectivity index (χ3n) is 3.23. The largest absolute Gasteiger partial charge is 0.320 e. The number of halogens is 1. The average Bonchev–Trinajstić information content (AvgIpc) is 2.77. The van der Waals surface area contributed by atoms with E-state index < -0.39 is 0 Å². The molecule has 1 aromatic carbocycles. The summed E-state index contributed by atoms with van der Waals surface area (Å²) in [5.74, 6) is 0. The van der Waals surface area contributed by atoms with E-state index in [1.165, 1.54) is 15.8 Å². The summed E-state index contributed by atoms with van der Waals surface area (Å²) in [6.07, 6.45) is 3.69. The number of rotatable bonds is 2. The molecule has 0 bridgehead atoms. The summed E-state index contributed by atoms with van der Waals surface area (Å²) in [6, 6.07) is 10.3. The van der Waals surface area contributed by atoms with Crippen molar-refractivity contribution in [1.29, 1.82) is 0 Å². The number of pyridine rings is 1. The molecule has 1 atom stereocenters. The Hall–Kier alpha value is -1.23. The first-order valence-corrected chi connectivity index (χ1v) is 7.62. The van der Waals surface area contributed by atoms with Crippen molar-refractivity contribution in [2.75, 3.05) is 0 Å². The van der Waals surface area contributed by atoms with E-state index in [-0.39, 0.29) is 6.04 Å². The van der Waals surface area contributed by atoms with Crippen molar-refractivity contribution in [1.82, 2.24) is 4.98 Å². The number of thiophene rings is 1. The number of fused-ring (bicyclic) bond motifs is 1. The van der Waals surface area contributed by atoms with Crippen molar-refractivity contribution in [2.45, 2.75) is 13.0 Å². The zero-order valence-electron chi connectivity index (χ0n) is 10.4. The van der Waals surface area contributed by atoms with Gasteiger partial charge in [-0.2, -0.15) is 0 Å². The Morgan fingerprint density at radius 2 is 2.16 bits per heavy atom. The van der Waals surface area contributed by atoms with Gasteiger partial charge in [0.15, 0.2) is 0 Å². The van der Waals surface area contributed by atoms with Gasteiger partial charge in [0.05, 0.1) is 9.83 Å². The van der Waals surface area contributed by atoms with E-state index >= 15 is 0 Å². The van der Waals surface area contributed by atoms with Crippen molar-refractivity contribution < 1.29 is 0 Å². The average molecular weight is 333 g/mol. The third-order valence-corrected chi connectivity index (χ3v) is 5.45. The van der Waals surface area contributed by atoms with Crippen molar-refractivity contribution in [3.63, 3.8) is 0 Å². The van der Waals surface area contributed by atoms with Crippen LogP contribution in [-0.4, -0.2) is 4.98 Å². The van der Waals surface area contributed by atoms with E-state index in [1.807, 2.05) is 24.5 Å². The Bertz CT molecular complexity index is 711. The Labute approximate surface area is 124 Å². The second kappa shape index (κ2) is 5.04. The minimum absolute atomic E-state index is 0.0962. The van der Waals surface area contributed by atoms with Gasteiger partial charge in [0.2, 0.25) is 0 Å². The second-order valence-corrected chi connectivity index (χ2v) is 6.93. The van der Waals surface area contributed by atoms with Gasteiger partial charge in [-0.3, -0.25) is 4.98 Å². The molecular weight excluding hydrogens is 320 g/mol. The lowest BCUT2D eigenvalue weighted by molar-refractivity contribution is 0.902. The Balaban J connectivity index is 2.13. The van der Waals surface area contributed by atoms with Crippen LogP contribution in [0.3, 0.4) is 0 Å². The van der Waals surface area contributed by atoms with Crippen molar-refractivity contribution in [2.24, 2.45) is 5.73 Å². The molecule has 2 aromatic heterocycles. The van der Waals surface area contributed by atoms with E-state index in [0.29, 0.717) is 0 Å². The summed E-state index contributed by atoms with van der Waals surface area (Å²) in [5.41, 5.74) is 8.81. The number of hydrogen-bond acceptors (Lipinski definition) is 3. The summed E-state index contributed by atoms with van der Waals surface area (Å²) in [7, 11) is 0. The number of hydrogen-bond donors (Lipinski definition) is 1. The van der Waals surface area contributed by atoms with Gasteiger partial charge >= 0.3 is 0 Å². The van der Waals surface area contributed by atoms with Gasteiger partial charge < -0.3 is 5.73 Å². The van der Waals surface area contributed by atoms with Crippen LogP contribution in [0, 0.1) is 6.92 Å². The van der Waals surface area contributed by atoms with E-state index in [9.17, 15) is 0 Å². The Morgan fingerprint density at radius 1 is 1.32 bits per heavy atom. The lowest BCUT2D eigenvalue weighted by atomic mass is 9.99. The molecule has 0 spiro atoms. The maximum Gasteiger partial charge on any atom is 0.0731 e. The molecule has 4 heteroatoms. The molecule has 0 aliphatic rings. The van der Waals surface area contributed by atoms with Crippen LogP contribution in [0.15, 0.2) is 46.5 Å². The van der Waals surface area contributed by atoms with Gasteiger partial charge in [-0.25, -0.2) is 0 Å². The Morgan fingerprint density at radius 3 is 2.89 bits per heavy atom. The van der Waals surface area contributed by atoms with Crippen molar-refractivity contribution in [3.05, 3.63) is 62.5 Å². The third kappa shape index (κ3) is 2.31. The minimum atomic E-state index is -0.0962. The zero-order chi connectivity index (χ0) is 13.4. The predicted molar refractivity (Wildman–Crippen MR) is 84.5 cm³/mol. The molecule has 3 aromatic rings. The van der Waals surface area contributed by atoms with Crippen LogP contribution < -0.4 is 5.73 Å². The highest BCUT2D eigenvalue weighted by atomic mass is 79.9. The lowest BCUT2D eigenvalue weighted by Gasteiger charge is -2.13. The summed E-state index contributed by atoms with van der Waals surface area (Å²) < 4.78 is 1.15. The van der Waals surface area contributed by atoms with Gasteiger partial charge in [0.25, 0.3) is 0 Å². The molecule has 0 aliphatic heterocycles. The van der Waals surface area contributed by atoms with Crippen LogP contribution in [0.2, 0.25) is 0 Å². The van der Waals surface area contributed by atoms with Crippen molar-refractivity contribution >= 4 is 38.0 Å². The van der Waals surface area contributed by atoms with Crippen LogP contribution >= 0.6 is 27.3 Å². The molecule has 0 saturated heterocycles. The number of benzene rings is 1. The first-order chi connectivity index (χ1) is 9.16. The van der Waals surface area contributed by atoms with E-state index in [2.05, 4.69) is 46.0 Å². The quantitative estimate of drug-likeness (QED) is 0.754. The second-order valence-electron chi connectivity index (χ2n) is 4.53. The molecule has 2 heterocycles.